The number of aliphatic hydroxyl groups is 2. The van der Waals surface area contributed by atoms with E-state index in [9.17, 15) is 60.7 Å². The van der Waals surface area contributed by atoms with Crippen molar-refractivity contribution >= 4 is 23.8 Å². The molecule has 20 rings (SSSR count). The van der Waals surface area contributed by atoms with Crippen LogP contribution in [0.4, 0.5) is 0 Å². The average molecular weight is 1780 g/mol. The van der Waals surface area contributed by atoms with Crippen molar-refractivity contribution in [2.75, 3.05) is 52.5 Å². The summed E-state index contributed by atoms with van der Waals surface area (Å²) in [6, 6.07) is 53.7. The van der Waals surface area contributed by atoms with Gasteiger partial charge in [-0.3, -0.25) is 29.0 Å². The fraction of sp³-hybridized carbons (Fsp3) is 0.360. The molecule has 4 N–H and O–H groups in total. The molecule has 0 radical (unpaired) electrons. The van der Waals surface area contributed by atoms with Crippen molar-refractivity contribution < 1.29 is 76.4 Å². The minimum Gasteiger partial charge on any atom is -0.490 e. The number of aromatic nitrogens is 8. The highest BCUT2D eigenvalue weighted by Gasteiger charge is 2.50. The lowest BCUT2D eigenvalue weighted by molar-refractivity contribution is -0.139. The number of carbonyl (C=O) groups is 4. The second kappa shape index (κ2) is 38.1. The van der Waals surface area contributed by atoms with E-state index in [1.807, 2.05) is 116 Å². The van der Waals surface area contributed by atoms with Gasteiger partial charge >= 0.3 is 11.9 Å². The van der Waals surface area contributed by atoms with Crippen LogP contribution in [0.2, 0.25) is 0 Å². The molecular weight excluding hydrogens is 1680 g/mol. The number of carboxylic acid groups (broad SMARTS) is 2. The second-order valence-electron chi connectivity index (χ2n) is 35.1. The molecule has 0 bridgehead atoms. The van der Waals surface area contributed by atoms with Crippen LogP contribution < -0.4 is 18.9 Å². The van der Waals surface area contributed by atoms with Crippen LogP contribution in [0.3, 0.4) is 0 Å². The summed E-state index contributed by atoms with van der Waals surface area (Å²) in [6.07, 6.45) is 6.01. The number of benzene rings is 8. The van der Waals surface area contributed by atoms with E-state index in [1.165, 1.54) is 0 Å². The number of aliphatic carboxylic acids is 2. The molecule has 672 valence electrons. The fourth-order valence-corrected chi connectivity index (χ4v) is 20.1. The molecular formula is C100H96N16O16. The van der Waals surface area contributed by atoms with Gasteiger partial charge in [-0.05, 0) is 260 Å². The van der Waals surface area contributed by atoms with Crippen LogP contribution in [-0.4, -0.2) is 181 Å². The summed E-state index contributed by atoms with van der Waals surface area (Å²) in [5.74, 6) is 4.96. The Kier molecular flexibility index (Phi) is 25.7. The molecule has 132 heavy (non-hydrogen) atoms. The maximum Gasteiger partial charge on any atom is 0.317 e. The van der Waals surface area contributed by atoms with Crippen molar-refractivity contribution in [3.8, 4) is 139 Å². The molecule has 0 unspecified atom stereocenters. The minimum absolute atomic E-state index is 0.0197. The van der Waals surface area contributed by atoms with Crippen LogP contribution in [0.25, 0.3) is 91.5 Å². The molecule has 4 aromatic heterocycles. The van der Waals surface area contributed by atoms with E-state index in [2.05, 4.69) is 86.9 Å². The number of rotatable bonds is 24. The van der Waals surface area contributed by atoms with E-state index in [-0.39, 0.29) is 98.5 Å². The third-order valence-corrected chi connectivity index (χ3v) is 25.2. The number of carbonyl (C=O) groups excluding carboxylic acids is 2. The summed E-state index contributed by atoms with van der Waals surface area (Å²) in [4.78, 5) is 64.3. The van der Waals surface area contributed by atoms with Crippen molar-refractivity contribution in [3.63, 3.8) is 0 Å². The Hall–Kier alpha value is -14.8. The molecule has 4 aliphatic carbocycles. The molecule has 0 spiro atoms. The van der Waals surface area contributed by atoms with E-state index >= 15 is 0 Å². The number of β-amino-alcohol motifs (C(OH)–C–C–N with tert-alkyl or cyclic N) is 2. The summed E-state index contributed by atoms with van der Waals surface area (Å²) in [5.41, 5.74) is 16.8. The molecule has 4 fully saturated rings. The van der Waals surface area contributed by atoms with Gasteiger partial charge < -0.3 is 67.1 Å². The molecule has 8 atom stereocenters. The van der Waals surface area contributed by atoms with Gasteiger partial charge in [0, 0.05) is 82.5 Å². The zero-order valence-electron chi connectivity index (χ0n) is 73.9. The number of fused-ring (bicyclic) bond motifs is 12. The molecule has 8 heterocycles. The molecule has 32 heteroatoms. The Morgan fingerprint density at radius 1 is 0.402 bits per heavy atom. The van der Waals surface area contributed by atoms with Gasteiger partial charge in [-0.15, -0.1) is 20.4 Å². The number of hydrogen-bond donors (Lipinski definition) is 4. The Morgan fingerprint density at radius 3 is 1.02 bits per heavy atom. The lowest BCUT2D eigenvalue weighted by atomic mass is 10.0. The van der Waals surface area contributed by atoms with Crippen molar-refractivity contribution in [1.82, 2.24) is 60.3 Å². The molecule has 32 nitrogen and oxygen atoms in total. The summed E-state index contributed by atoms with van der Waals surface area (Å²) >= 11 is 0. The largest absolute Gasteiger partial charge is 0.490 e. The third kappa shape index (κ3) is 18.0. The highest BCUT2D eigenvalue weighted by atomic mass is 16.5. The van der Waals surface area contributed by atoms with Crippen molar-refractivity contribution in [2.45, 2.75) is 155 Å². The first-order valence-corrected chi connectivity index (χ1v) is 44.3. The topological polar surface area (TPSA) is 450 Å². The molecule has 4 aliphatic heterocycles. The second-order valence-corrected chi connectivity index (χ2v) is 35.1. The maximum atomic E-state index is 12.4. The van der Waals surface area contributed by atoms with Gasteiger partial charge in [0.15, 0.2) is 0 Å². The zero-order valence-corrected chi connectivity index (χ0v) is 73.9. The lowest BCUT2D eigenvalue weighted by Gasteiger charge is -2.24. The number of aliphatic hydroxyl groups excluding tert-OH is 2. The molecule has 4 saturated heterocycles. The highest BCUT2D eigenvalue weighted by molar-refractivity contribution is 5.83. The Bertz CT molecular complexity index is 6210. The van der Waals surface area contributed by atoms with Gasteiger partial charge in [0.2, 0.25) is 47.0 Å². The normalized spacial score (nSPS) is 19.2. The number of ether oxygens (including phenoxy) is 4. The van der Waals surface area contributed by atoms with E-state index < -0.39 is 11.9 Å². The first kappa shape index (κ1) is 89.2. The van der Waals surface area contributed by atoms with Crippen LogP contribution >= 0.6 is 0 Å². The van der Waals surface area contributed by atoms with E-state index in [0.29, 0.717) is 152 Å². The predicted molar refractivity (Wildman–Crippen MR) is 477 cm³/mol. The standard InChI is InChI=1S/4C25H24N4O4/c2*1-14(2)32-21-7-6-16(10-17(21)12-26)25-27-24(28-33-25)19-5-3-4-18-20(19)11-15-8-9-29(23(15)18)13-22(30)31;2*1-14(2)32-21-7-6-15(10-17(21)13-26)24-27-28-25(33-24)19-5-3-4-18-20(19)11-16-12-22(31)29(8-9-30)23(16)18/h2*3-7,10,14-15,23H,8-9,11,13H2,1-2H3,(H,30,31);2*3-7,10,14,16,23,30H,8-9,11-12H2,1-2H3/t2*15-,23-;2*16-,23+/m1010/s1. The number of hydrogen-bond acceptors (Lipinski definition) is 28. The van der Waals surface area contributed by atoms with Crippen LogP contribution in [-0.2, 0) is 44.9 Å². The smallest absolute Gasteiger partial charge is 0.317 e. The number of nitriles is 4. The Morgan fingerprint density at radius 2 is 0.705 bits per heavy atom. The Labute approximate surface area is 760 Å². The molecule has 8 aromatic carbocycles. The van der Waals surface area contributed by atoms with Gasteiger partial charge in [-0.25, -0.2) is 0 Å². The number of amides is 2. The van der Waals surface area contributed by atoms with Crippen molar-refractivity contribution in [2.24, 2.45) is 23.7 Å². The quantitative estimate of drug-likeness (QED) is 0.0436. The Balaban J connectivity index is 0.000000123. The average Bonchev–Trinajstić information content (AvgIpc) is 1.60. The van der Waals surface area contributed by atoms with Crippen molar-refractivity contribution in [3.05, 3.63) is 212 Å². The van der Waals surface area contributed by atoms with E-state index in [1.54, 1.807) is 82.6 Å². The van der Waals surface area contributed by atoms with Crippen LogP contribution in [0.15, 0.2) is 163 Å². The SMILES string of the molecule is CC(C)Oc1ccc(-c2nc(-c3cccc4c3C[C@@H]3CCN(CC(=O)O)[C@H]43)no2)cc1C#N.CC(C)Oc1ccc(-c2nc(-c3cccc4c3C[C@H]3CCN(CC(=O)O)[C@@H]43)no2)cc1C#N.CC(C)Oc1ccc(-c2nnc(-c3cccc4c3C[C@@H]3CC(=O)N(CCO)[C@H]43)o2)cc1C#N.CC(C)Oc1ccc(-c2nnc(-c3cccc4c3C[C@H]3CC(=O)N(CCO)[C@@H]43)o2)cc1C#N. The molecule has 0 saturated carbocycles. The molecule has 2 amide bonds. The fourth-order valence-electron chi connectivity index (χ4n) is 20.1. The zero-order chi connectivity index (χ0) is 92.4. The summed E-state index contributed by atoms with van der Waals surface area (Å²) in [6.45, 7) is 17.5. The summed E-state index contributed by atoms with van der Waals surface area (Å²) in [7, 11) is 0. The lowest BCUT2D eigenvalue weighted by Crippen LogP contribution is -2.30. The van der Waals surface area contributed by atoms with Gasteiger partial charge in [-0.2, -0.15) is 31.0 Å². The summed E-state index contributed by atoms with van der Waals surface area (Å²) in [5, 5.41) is 101. The number of likely N-dealkylation sites (tertiary alicyclic amines) is 4. The van der Waals surface area contributed by atoms with Gasteiger partial charge in [0.05, 0.1) is 85.1 Å². The highest BCUT2D eigenvalue weighted by Crippen LogP contribution is 2.54. The molecule has 12 aromatic rings. The first-order valence-electron chi connectivity index (χ1n) is 44.3. The monoisotopic (exact) mass is 1780 g/mol. The number of nitrogens with zero attached hydrogens (tertiary/aromatic N) is 16. The van der Waals surface area contributed by atoms with Crippen LogP contribution in [0.1, 0.15) is 172 Å². The predicted octanol–water partition coefficient (Wildman–Crippen LogP) is 15.1. The van der Waals surface area contributed by atoms with E-state index in [0.717, 1.165) is 118 Å². The van der Waals surface area contributed by atoms with Gasteiger partial charge in [0.25, 0.3) is 11.8 Å². The first-order chi connectivity index (χ1) is 63.9. The molecule has 8 aliphatic rings. The summed E-state index contributed by atoms with van der Waals surface area (Å²) < 4.78 is 45.9. The van der Waals surface area contributed by atoms with Crippen LogP contribution in [0.5, 0.6) is 23.0 Å². The minimum atomic E-state index is -0.801. The van der Waals surface area contributed by atoms with Gasteiger partial charge in [-0.1, -0.05) is 71.0 Å². The van der Waals surface area contributed by atoms with E-state index in [4.69, 9.17) is 36.8 Å². The maximum absolute atomic E-state index is 12.4. The van der Waals surface area contributed by atoms with Crippen LogP contribution in [0, 0.1) is 69.0 Å². The third-order valence-electron chi connectivity index (χ3n) is 25.2. The van der Waals surface area contributed by atoms with Crippen molar-refractivity contribution in [1.29, 1.82) is 21.0 Å². The van der Waals surface area contributed by atoms with Gasteiger partial charge in [0.1, 0.15) is 47.3 Å². The number of carboxylic acids is 2.